The summed E-state index contributed by atoms with van der Waals surface area (Å²) in [5.74, 6) is -1.48. The van der Waals surface area contributed by atoms with E-state index in [1.807, 2.05) is 0 Å². The molecule has 1 fully saturated rings. The van der Waals surface area contributed by atoms with Gasteiger partial charge < -0.3 is 10.1 Å². The Morgan fingerprint density at radius 1 is 1.46 bits per heavy atom. The minimum Gasteiger partial charge on any atom is -0.477 e. The Bertz CT molecular complexity index is 1040. The van der Waals surface area contributed by atoms with Crippen LogP contribution in [-0.2, 0) is 14.6 Å². The van der Waals surface area contributed by atoms with Crippen molar-refractivity contribution in [3.05, 3.63) is 45.9 Å². The van der Waals surface area contributed by atoms with Gasteiger partial charge in [0.2, 0.25) is 5.75 Å². The third-order valence-electron chi connectivity index (χ3n) is 4.16. The molecule has 28 heavy (non-hydrogen) atoms. The lowest BCUT2D eigenvalue weighted by Crippen LogP contribution is -2.24. The molecule has 1 aliphatic heterocycles. The number of halogens is 1. The Kier molecular flexibility index (Phi) is 5.31. The molecule has 1 amide bonds. The maximum absolute atomic E-state index is 13.3. The number of hydrogen-bond donors (Lipinski definition) is 1. The highest BCUT2D eigenvalue weighted by Crippen LogP contribution is 2.28. The van der Waals surface area contributed by atoms with E-state index in [1.54, 1.807) is 13.0 Å². The van der Waals surface area contributed by atoms with E-state index in [4.69, 9.17) is 4.74 Å². The number of aromatic nitrogens is 2. The Labute approximate surface area is 159 Å². The molecule has 3 rings (SSSR count). The van der Waals surface area contributed by atoms with Crippen molar-refractivity contribution in [3.63, 3.8) is 0 Å². The lowest BCUT2D eigenvalue weighted by atomic mass is 10.3. The number of nitro groups is 1. The molecule has 2 heterocycles. The van der Waals surface area contributed by atoms with Gasteiger partial charge in [0.1, 0.15) is 11.6 Å². The fraction of sp³-hybridized carbons (Fsp3) is 0.375. The van der Waals surface area contributed by atoms with Crippen molar-refractivity contribution in [1.82, 2.24) is 9.78 Å². The van der Waals surface area contributed by atoms with Crippen LogP contribution in [0.15, 0.2) is 24.3 Å². The lowest BCUT2D eigenvalue weighted by Gasteiger charge is -2.14. The average Bonchev–Trinajstić information content (AvgIpc) is 3.14. The number of nitrogens with zero attached hydrogens (tertiary/aromatic N) is 3. The number of carbonyl (C=O) groups excluding carboxylic acids is 1. The third-order valence-corrected chi connectivity index (χ3v) is 5.91. The van der Waals surface area contributed by atoms with Crippen LogP contribution in [0.5, 0.6) is 5.75 Å². The molecular formula is C16H17FN4O6S. The first-order chi connectivity index (χ1) is 13.1. The van der Waals surface area contributed by atoms with Crippen LogP contribution in [0.4, 0.5) is 15.9 Å². The summed E-state index contributed by atoms with van der Waals surface area (Å²) in [6, 6.07) is 3.87. The summed E-state index contributed by atoms with van der Waals surface area (Å²) in [5, 5.41) is 17.7. The van der Waals surface area contributed by atoms with Crippen molar-refractivity contribution in [2.45, 2.75) is 19.4 Å². The monoisotopic (exact) mass is 412 g/mol. The molecular weight excluding hydrogens is 395 g/mol. The molecule has 1 aromatic carbocycles. The minimum atomic E-state index is -3.14. The Balaban J connectivity index is 1.70. The summed E-state index contributed by atoms with van der Waals surface area (Å²) in [7, 11) is -3.14. The molecule has 1 unspecified atom stereocenters. The van der Waals surface area contributed by atoms with Gasteiger partial charge in [-0.15, -0.1) is 0 Å². The average molecular weight is 412 g/mol. The predicted molar refractivity (Wildman–Crippen MR) is 96.5 cm³/mol. The summed E-state index contributed by atoms with van der Waals surface area (Å²) >= 11 is 0. The Morgan fingerprint density at radius 3 is 2.86 bits per heavy atom. The standard InChI is InChI=1S/C16H17FN4O6S/c1-10-6-15(20(19-10)12-4-5-28(25,26)9-12)18-16(22)8-27-14-7-11(17)2-3-13(14)21(23)24/h2-3,6-7,12H,4-5,8-9H2,1H3,(H,18,22). The zero-order valence-electron chi connectivity index (χ0n) is 14.8. The van der Waals surface area contributed by atoms with Crippen LogP contribution < -0.4 is 10.1 Å². The second-order valence-electron chi connectivity index (χ2n) is 6.38. The van der Waals surface area contributed by atoms with Crippen molar-refractivity contribution >= 4 is 27.2 Å². The molecule has 10 nitrogen and oxygen atoms in total. The van der Waals surface area contributed by atoms with Gasteiger partial charge in [0, 0.05) is 18.2 Å². The number of amides is 1. The number of aryl methyl sites for hydroxylation is 1. The van der Waals surface area contributed by atoms with E-state index in [1.165, 1.54) is 4.68 Å². The van der Waals surface area contributed by atoms with Crippen LogP contribution in [0.2, 0.25) is 0 Å². The molecule has 1 aliphatic rings. The van der Waals surface area contributed by atoms with Gasteiger partial charge in [-0.05, 0) is 19.4 Å². The van der Waals surface area contributed by atoms with Crippen LogP contribution in [0.3, 0.4) is 0 Å². The molecule has 0 spiro atoms. The second kappa shape index (κ2) is 7.54. The number of rotatable bonds is 6. The van der Waals surface area contributed by atoms with Gasteiger partial charge in [0.25, 0.3) is 5.91 Å². The van der Waals surface area contributed by atoms with E-state index in [0.29, 0.717) is 17.9 Å². The van der Waals surface area contributed by atoms with E-state index in [9.17, 15) is 27.7 Å². The Morgan fingerprint density at radius 2 is 2.21 bits per heavy atom. The lowest BCUT2D eigenvalue weighted by molar-refractivity contribution is -0.385. The van der Waals surface area contributed by atoms with Crippen molar-refractivity contribution < 1.29 is 27.3 Å². The number of benzene rings is 1. The highest BCUT2D eigenvalue weighted by Gasteiger charge is 2.31. The zero-order valence-corrected chi connectivity index (χ0v) is 15.6. The normalized spacial score (nSPS) is 18.0. The SMILES string of the molecule is Cc1cc(NC(=O)COc2cc(F)ccc2[N+](=O)[O-])n(C2CCS(=O)(=O)C2)n1. The molecule has 2 aromatic rings. The first-order valence-electron chi connectivity index (χ1n) is 8.28. The highest BCUT2D eigenvalue weighted by molar-refractivity contribution is 7.91. The first-order valence-corrected chi connectivity index (χ1v) is 10.1. The molecule has 0 aliphatic carbocycles. The fourth-order valence-corrected chi connectivity index (χ4v) is 4.63. The number of hydrogen-bond acceptors (Lipinski definition) is 7. The molecule has 1 aromatic heterocycles. The Hall–Kier alpha value is -3.02. The van der Waals surface area contributed by atoms with E-state index < -0.39 is 38.8 Å². The van der Waals surface area contributed by atoms with Gasteiger partial charge in [0.15, 0.2) is 16.4 Å². The largest absolute Gasteiger partial charge is 0.477 e. The smallest absolute Gasteiger partial charge is 0.311 e. The number of nitro benzene ring substituents is 1. The van der Waals surface area contributed by atoms with E-state index in [-0.39, 0.29) is 23.3 Å². The molecule has 1 N–H and O–H groups in total. The first kappa shape index (κ1) is 19.7. The zero-order chi connectivity index (χ0) is 20.5. The van der Waals surface area contributed by atoms with Crippen LogP contribution in [0.25, 0.3) is 0 Å². The molecule has 12 heteroatoms. The fourth-order valence-electron chi connectivity index (χ4n) is 2.93. The number of anilines is 1. The molecule has 150 valence electrons. The van der Waals surface area contributed by atoms with Gasteiger partial charge in [0.05, 0.1) is 28.2 Å². The van der Waals surface area contributed by atoms with Crippen molar-refractivity contribution in [1.29, 1.82) is 0 Å². The van der Waals surface area contributed by atoms with E-state index >= 15 is 0 Å². The van der Waals surface area contributed by atoms with Crippen LogP contribution in [0.1, 0.15) is 18.2 Å². The quantitative estimate of drug-likeness (QED) is 0.563. The summed E-state index contributed by atoms with van der Waals surface area (Å²) in [5.41, 5.74) is 0.118. The molecule has 0 saturated carbocycles. The third kappa shape index (κ3) is 4.44. The minimum absolute atomic E-state index is 0.0519. The van der Waals surface area contributed by atoms with Gasteiger partial charge >= 0.3 is 5.69 Å². The van der Waals surface area contributed by atoms with Gasteiger partial charge in [-0.1, -0.05) is 0 Å². The van der Waals surface area contributed by atoms with Crippen LogP contribution in [0, 0.1) is 22.9 Å². The highest BCUT2D eigenvalue weighted by atomic mass is 32.2. The van der Waals surface area contributed by atoms with Crippen LogP contribution >= 0.6 is 0 Å². The molecule has 0 bridgehead atoms. The van der Waals surface area contributed by atoms with Crippen molar-refractivity contribution in [2.24, 2.45) is 0 Å². The summed E-state index contributed by atoms with van der Waals surface area (Å²) in [6.45, 7) is 1.10. The van der Waals surface area contributed by atoms with E-state index in [2.05, 4.69) is 10.4 Å². The number of carbonyl (C=O) groups is 1. The molecule has 1 saturated heterocycles. The summed E-state index contributed by atoms with van der Waals surface area (Å²) in [4.78, 5) is 22.4. The van der Waals surface area contributed by atoms with Crippen molar-refractivity contribution in [3.8, 4) is 5.75 Å². The number of nitrogens with one attached hydrogen (secondary N) is 1. The number of sulfone groups is 1. The predicted octanol–water partition coefficient (Wildman–Crippen LogP) is 1.62. The topological polar surface area (TPSA) is 133 Å². The van der Waals surface area contributed by atoms with Gasteiger partial charge in [-0.2, -0.15) is 5.10 Å². The summed E-state index contributed by atoms with van der Waals surface area (Å²) < 4.78 is 43.2. The molecule has 0 radical (unpaired) electrons. The maximum Gasteiger partial charge on any atom is 0.311 e. The number of ether oxygens (including phenoxy) is 1. The second-order valence-corrected chi connectivity index (χ2v) is 8.61. The van der Waals surface area contributed by atoms with Crippen LogP contribution in [-0.4, -0.2) is 47.1 Å². The molecule has 1 atom stereocenters. The van der Waals surface area contributed by atoms with Crippen molar-refractivity contribution in [2.75, 3.05) is 23.4 Å². The van der Waals surface area contributed by atoms with Gasteiger partial charge in [-0.25, -0.2) is 17.5 Å². The maximum atomic E-state index is 13.3. The van der Waals surface area contributed by atoms with Gasteiger partial charge in [-0.3, -0.25) is 14.9 Å². The summed E-state index contributed by atoms with van der Waals surface area (Å²) in [6.07, 6.45) is 0.387. The van der Waals surface area contributed by atoms with E-state index in [0.717, 1.165) is 18.2 Å².